The van der Waals surface area contributed by atoms with Gasteiger partial charge in [0.25, 0.3) is 11.6 Å². The zero-order valence-corrected chi connectivity index (χ0v) is 10.0. The summed E-state index contributed by atoms with van der Waals surface area (Å²) in [6, 6.07) is 5.63. The highest BCUT2D eigenvalue weighted by Crippen LogP contribution is 2.21. The fourth-order valence-corrected chi connectivity index (χ4v) is 1.57. The van der Waals surface area contributed by atoms with Crippen LogP contribution in [0.25, 0.3) is 5.69 Å². The zero-order valence-electron chi connectivity index (χ0n) is 10.0. The molecule has 1 amide bonds. The smallest absolute Gasteiger partial charge is 0.273 e. The molecule has 0 aliphatic heterocycles. The van der Waals surface area contributed by atoms with E-state index in [4.69, 9.17) is 5.73 Å². The van der Waals surface area contributed by atoms with Gasteiger partial charge in [-0.2, -0.15) is 5.10 Å². The van der Waals surface area contributed by atoms with Crippen LogP contribution in [0.2, 0.25) is 0 Å². The summed E-state index contributed by atoms with van der Waals surface area (Å²) in [7, 11) is 1.49. The molecule has 19 heavy (non-hydrogen) atoms. The molecule has 98 valence electrons. The standard InChI is InChI=1S/C11H11N5O3/c1-13-11(17)10-2-3-15(14-10)8-4-7(12)5-9(6-8)16(18)19/h2-6H,12H2,1H3,(H,13,17). The van der Waals surface area contributed by atoms with Crippen molar-refractivity contribution in [1.29, 1.82) is 0 Å². The number of nitro groups is 1. The molecule has 0 unspecified atom stereocenters. The van der Waals surface area contributed by atoms with Gasteiger partial charge in [-0.3, -0.25) is 14.9 Å². The molecular formula is C11H11N5O3. The number of nitrogens with two attached hydrogens (primary N) is 1. The molecule has 1 heterocycles. The van der Waals surface area contributed by atoms with Crippen molar-refractivity contribution in [2.24, 2.45) is 0 Å². The molecule has 0 bridgehead atoms. The average molecular weight is 261 g/mol. The van der Waals surface area contributed by atoms with Crippen LogP contribution in [0.5, 0.6) is 0 Å². The van der Waals surface area contributed by atoms with Crippen LogP contribution in [0.3, 0.4) is 0 Å². The molecule has 0 saturated heterocycles. The first-order valence-corrected chi connectivity index (χ1v) is 5.34. The number of anilines is 1. The predicted molar refractivity (Wildman–Crippen MR) is 68.0 cm³/mol. The van der Waals surface area contributed by atoms with E-state index >= 15 is 0 Å². The van der Waals surface area contributed by atoms with Crippen molar-refractivity contribution in [1.82, 2.24) is 15.1 Å². The predicted octanol–water partition coefficient (Wildman–Crippen LogP) is 0.722. The number of hydrogen-bond acceptors (Lipinski definition) is 5. The van der Waals surface area contributed by atoms with Gasteiger partial charge >= 0.3 is 0 Å². The van der Waals surface area contributed by atoms with Crippen molar-refractivity contribution in [2.75, 3.05) is 12.8 Å². The van der Waals surface area contributed by atoms with E-state index in [-0.39, 0.29) is 23.0 Å². The Morgan fingerprint density at radius 2 is 2.21 bits per heavy atom. The fourth-order valence-electron chi connectivity index (χ4n) is 1.57. The molecule has 2 aromatic rings. The average Bonchev–Trinajstić information content (AvgIpc) is 2.86. The highest BCUT2D eigenvalue weighted by Gasteiger charge is 2.12. The minimum absolute atomic E-state index is 0.132. The Morgan fingerprint density at radius 3 is 2.84 bits per heavy atom. The third-order valence-electron chi connectivity index (χ3n) is 2.45. The first-order valence-electron chi connectivity index (χ1n) is 5.34. The van der Waals surface area contributed by atoms with Crippen molar-refractivity contribution >= 4 is 17.3 Å². The van der Waals surface area contributed by atoms with Crippen molar-refractivity contribution in [2.45, 2.75) is 0 Å². The fraction of sp³-hybridized carbons (Fsp3) is 0.0909. The molecule has 0 spiro atoms. The van der Waals surface area contributed by atoms with Crippen LogP contribution < -0.4 is 11.1 Å². The van der Waals surface area contributed by atoms with Crippen LogP contribution in [0.4, 0.5) is 11.4 Å². The molecule has 1 aromatic heterocycles. The molecule has 0 fully saturated rings. The molecule has 8 nitrogen and oxygen atoms in total. The molecule has 8 heteroatoms. The number of aromatic nitrogens is 2. The SMILES string of the molecule is CNC(=O)c1ccn(-c2cc(N)cc([N+](=O)[O-])c2)n1. The molecule has 0 saturated carbocycles. The molecule has 0 aliphatic carbocycles. The molecule has 3 N–H and O–H groups in total. The topological polar surface area (TPSA) is 116 Å². The lowest BCUT2D eigenvalue weighted by Gasteiger charge is -2.03. The van der Waals surface area contributed by atoms with Crippen molar-refractivity contribution < 1.29 is 9.72 Å². The van der Waals surface area contributed by atoms with Crippen molar-refractivity contribution in [3.63, 3.8) is 0 Å². The second-order valence-electron chi connectivity index (χ2n) is 3.76. The summed E-state index contributed by atoms with van der Waals surface area (Å²) in [5.74, 6) is -0.336. The van der Waals surface area contributed by atoms with Gasteiger partial charge in [0.1, 0.15) is 0 Å². The summed E-state index contributed by atoms with van der Waals surface area (Å²) in [6.45, 7) is 0. The Hall–Kier alpha value is -2.90. The molecule has 0 aliphatic rings. The van der Waals surface area contributed by atoms with E-state index in [1.807, 2.05) is 0 Å². The largest absolute Gasteiger partial charge is 0.398 e. The van der Waals surface area contributed by atoms with Crippen LogP contribution in [-0.4, -0.2) is 27.7 Å². The van der Waals surface area contributed by atoms with E-state index in [9.17, 15) is 14.9 Å². The van der Waals surface area contributed by atoms with Crippen LogP contribution in [0, 0.1) is 10.1 Å². The van der Waals surface area contributed by atoms with Crippen LogP contribution >= 0.6 is 0 Å². The monoisotopic (exact) mass is 261 g/mol. The van der Waals surface area contributed by atoms with Gasteiger partial charge in [0, 0.05) is 31.1 Å². The van der Waals surface area contributed by atoms with Crippen molar-refractivity contribution in [3.05, 3.63) is 46.3 Å². The number of nitrogens with zero attached hydrogens (tertiary/aromatic N) is 3. The summed E-state index contributed by atoms with van der Waals surface area (Å²) in [5, 5.41) is 17.2. The number of hydrogen-bond donors (Lipinski definition) is 2. The Morgan fingerprint density at radius 1 is 1.47 bits per heavy atom. The number of benzene rings is 1. The van der Waals surface area contributed by atoms with Crippen molar-refractivity contribution in [3.8, 4) is 5.69 Å². The highest BCUT2D eigenvalue weighted by molar-refractivity contribution is 5.91. The van der Waals surface area contributed by atoms with Gasteiger partial charge in [-0.05, 0) is 12.1 Å². The number of carbonyl (C=O) groups excluding carboxylic acids is 1. The highest BCUT2D eigenvalue weighted by atomic mass is 16.6. The Labute approximate surface area is 108 Å². The summed E-state index contributed by atoms with van der Waals surface area (Å²) >= 11 is 0. The third kappa shape index (κ3) is 2.51. The van der Waals surface area contributed by atoms with E-state index in [1.165, 1.54) is 42.2 Å². The lowest BCUT2D eigenvalue weighted by molar-refractivity contribution is -0.384. The molecule has 1 aromatic carbocycles. The summed E-state index contributed by atoms with van der Waals surface area (Å²) < 4.78 is 1.36. The van der Waals surface area contributed by atoms with Gasteiger partial charge in [-0.15, -0.1) is 0 Å². The minimum Gasteiger partial charge on any atom is -0.398 e. The first kappa shape index (κ1) is 12.6. The third-order valence-corrected chi connectivity index (χ3v) is 2.45. The van der Waals surface area contributed by atoms with E-state index in [0.29, 0.717) is 5.69 Å². The van der Waals surface area contributed by atoms with Crippen LogP contribution in [-0.2, 0) is 0 Å². The van der Waals surface area contributed by atoms with Gasteiger partial charge in [-0.1, -0.05) is 0 Å². The number of nitrogen functional groups attached to an aromatic ring is 1. The molecular weight excluding hydrogens is 250 g/mol. The van der Waals surface area contributed by atoms with Crippen LogP contribution in [0.15, 0.2) is 30.5 Å². The maximum atomic E-state index is 11.4. The summed E-state index contributed by atoms with van der Waals surface area (Å²) in [6.07, 6.45) is 1.53. The molecule has 0 atom stereocenters. The Kier molecular flexibility index (Phi) is 3.15. The van der Waals surface area contributed by atoms with Gasteiger partial charge in [0.05, 0.1) is 10.6 Å². The van der Waals surface area contributed by atoms with E-state index in [0.717, 1.165) is 0 Å². The number of non-ortho nitro benzene ring substituents is 1. The second-order valence-corrected chi connectivity index (χ2v) is 3.76. The van der Waals surface area contributed by atoms with E-state index in [1.54, 1.807) is 0 Å². The van der Waals surface area contributed by atoms with E-state index < -0.39 is 4.92 Å². The lowest BCUT2D eigenvalue weighted by Crippen LogP contribution is -2.18. The van der Waals surface area contributed by atoms with Gasteiger partial charge < -0.3 is 11.1 Å². The van der Waals surface area contributed by atoms with Gasteiger partial charge in [-0.25, -0.2) is 4.68 Å². The normalized spacial score (nSPS) is 10.2. The molecule has 2 rings (SSSR count). The van der Waals surface area contributed by atoms with Crippen LogP contribution in [0.1, 0.15) is 10.5 Å². The summed E-state index contributed by atoms with van der Waals surface area (Å²) in [4.78, 5) is 21.6. The number of nitrogens with one attached hydrogen (secondary N) is 1. The Bertz CT molecular complexity index is 650. The number of rotatable bonds is 3. The first-order chi connectivity index (χ1) is 9.01. The number of nitro benzene ring substituents is 1. The quantitative estimate of drug-likeness (QED) is 0.479. The van der Waals surface area contributed by atoms with E-state index in [2.05, 4.69) is 10.4 Å². The maximum absolute atomic E-state index is 11.4. The molecule has 0 radical (unpaired) electrons. The van der Waals surface area contributed by atoms with Gasteiger partial charge in [0.2, 0.25) is 0 Å². The summed E-state index contributed by atoms with van der Waals surface area (Å²) in [5.41, 5.74) is 6.35. The van der Waals surface area contributed by atoms with Gasteiger partial charge in [0.15, 0.2) is 5.69 Å². The lowest BCUT2D eigenvalue weighted by atomic mass is 10.2. The number of carbonyl (C=O) groups is 1. The Balaban J connectivity index is 2.44. The second kappa shape index (κ2) is 4.77. The number of amides is 1. The zero-order chi connectivity index (χ0) is 14.0. The maximum Gasteiger partial charge on any atom is 0.273 e. The minimum atomic E-state index is -0.539.